The van der Waals surface area contributed by atoms with Crippen molar-refractivity contribution in [3.05, 3.63) is 60.2 Å². The molecule has 1 unspecified atom stereocenters. The van der Waals surface area contributed by atoms with Crippen LogP contribution in [0.4, 0.5) is 0 Å². The van der Waals surface area contributed by atoms with Crippen molar-refractivity contribution in [2.24, 2.45) is 11.0 Å². The topological polar surface area (TPSA) is 32.7 Å². The van der Waals surface area contributed by atoms with Gasteiger partial charge in [-0.15, -0.1) is 0 Å². The average molecular weight is 224 g/mol. The molecule has 1 aromatic rings. The van der Waals surface area contributed by atoms with Gasteiger partial charge in [-0.1, -0.05) is 48.6 Å². The van der Waals surface area contributed by atoms with Crippen molar-refractivity contribution < 1.29 is 4.79 Å². The second-order valence-electron chi connectivity index (χ2n) is 4.13. The molecule has 84 valence electrons. The number of allylic oxidation sites excluding steroid dienone is 3. The molecule has 3 heteroatoms. The lowest BCUT2D eigenvalue weighted by Gasteiger charge is -2.12. The Morgan fingerprint density at radius 1 is 1.18 bits per heavy atom. The maximum atomic E-state index is 12.1. The van der Waals surface area contributed by atoms with Gasteiger partial charge in [0, 0.05) is 0 Å². The summed E-state index contributed by atoms with van der Waals surface area (Å²) in [6, 6.07) is 9.90. The Kier molecular flexibility index (Phi) is 2.37. The first-order chi connectivity index (χ1) is 8.34. The Bertz CT molecular complexity index is 528. The smallest absolute Gasteiger partial charge is 0.256 e. The lowest BCUT2D eigenvalue weighted by molar-refractivity contribution is -0.131. The summed E-state index contributed by atoms with van der Waals surface area (Å²) in [4.78, 5) is 12.1. The van der Waals surface area contributed by atoms with E-state index >= 15 is 0 Å². The quantitative estimate of drug-likeness (QED) is 0.757. The van der Waals surface area contributed by atoms with Crippen LogP contribution in [-0.2, 0) is 11.3 Å². The number of fused-ring (bicyclic) bond motifs is 1. The van der Waals surface area contributed by atoms with Crippen LogP contribution in [0.25, 0.3) is 0 Å². The molecule has 3 rings (SSSR count). The fraction of sp³-hybridized carbons (Fsp3) is 0.143. The normalized spacial score (nSPS) is 21.6. The van der Waals surface area contributed by atoms with E-state index in [1.165, 1.54) is 0 Å². The molecule has 0 fully saturated rings. The van der Waals surface area contributed by atoms with Crippen LogP contribution >= 0.6 is 0 Å². The third-order valence-corrected chi connectivity index (χ3v) is 2.93. The Morgan fingerprint density at radius 3 is 2.76 bits per heavy atom. The van der Waals surface area contributed by atoms with Gasteiger partial charge < -0.3 is 0 Å². The number of rotatable bonds is 2. The molecule has 2 aliphatic rings. The first kappa shape index (κ1) is 10.0. The number of amides is 1. The van der Waals surface area contributed by atoms with Crippen LogP contribution in [0, 0.1) is 5.92 Å². The van der Waals surface area contributed by atoms with E-state index < -0.39 is 0 Å². The highest BCUT2D eigenvalue weighted by Crippen LogP contribution is 2.22. The van der Waals surface area contributed by atoms with E-state index in [1.807, 2.05) is 54.6 Å². The Labute approximate surface area is 99.7 Å². The number of hydrogen-bond donors (Lipinski definition) is 0. The summed E-state index contributed by atoms with van der Waals surface area (Å²) in [7, 11) is 0. The Hall–Kier alpha value is -2.16. The van der Waals surface area contributed by atoms with Gasteiger partial charge in [0.1, 0.15) is 5.92 Å². The van der Waals surface area contributed by atoms with E-state index in [2.05, 4.69) is 5.10 Å². The third-order valence-electron chi connectivity index (χ3n) is 2.93. The van der Waals surface area contributed by atoms with E-state index in [9.17, 15) is 4.79 Å². The highest BCUT2D eigenvalue weighted by atomic mass is 16.2. The van der Waals surface area contributed by atoms with Gasteiger partial charge in [0.05, 0.1) is 12.3 Å². The molecule has 1 aliphatic carbocycles. The Morgan fingerprint density at radius 2 is 2.00 bits per heavy atom. The van der Waals surface area contributed by atoms with Crippen molar-refractivity contribution in [2.75, 3.05) is 0 Å². The minimum atomic E-state index is -0.177. The van der Waals surface area contributed by atoms with Crippen LogP contribution in [0.3, 0.4) is 0 Å². The number of nitrogens with zero attached hydrogens (tertiary/aromatic N) is 2. The molecule has 17 heavy (non-hydrogen) atoms. The number of hydrazone groups is 1. The zero-order valence-electron chi connectivity index (χ0n) is 9.28. The van der Waals surface area contributed by atoms with E-state index in [0.29, 0.717) is 6.54 Å². The predicted molar refractivity (Wildman–Crippen MR) is 66.2 cm³/mol. The molecule has 0 radical (unpaired) electrons. The Balaban J connectivity index is 1.82. The fourth-order valence-electron chi connectivity index (χ4n) is 2.05. The van der Waals surface area contributed by atoms with Gasteiger partial charge in [0.15, 0.2) is 0 Å². The molecule has 0 N–H and O–H groups in total. The van der Waals surface area contributed by atoms with Crippen molar-refractivity contribution >= 4 is 11.6 Å². The summed E-state index contributed by atoms with van der Waals surface area (Å²) in [6.45, 7) is 0.543. The molecule has 0 aromatic heterocycles. The molecule has 1 heterocycles. The zero-order valence-corrected chi connectivity index (χ0v) is 9.28. The standard InChI is InChI=1S/C14H12N2O/c17-14-12-8-4-5-9-13(12)15-16(14)10-11-6-2-1-3-7-11/h1-9,12H,10H2. The van der Waals surface area contributed by atoms with Crippen LogP contribution < -0.4 is 0 Å². The van der Waals surface area contributed by atoms with Crippen LogP contribution in [0.1, 0.15) is 5.56 Å². The van der Waals surface area contributed by atoms with Crippen LogP contribution in [-0.4, -0.2) is 16.6 Å². The van der Waals surface area contributed by atoms with Crippen molar-refractivity contribution in [1.82, 2.24) is 5.01 Å². The lowest BCUT2D eigenvalue weighted by Crippen LogP contribution is -2.26. The van der Waals surface area contributed by atoms with E-state index in [4.69, 9.17) is 0 Å². The molecular formula is C14H12N2O. The molecule has 0 spiro atoms. The molecule has 0 saturated heterocycles. The molecule has 0 saturated carbocycles. The first-order valence-corrected chi connectivity index (χ1v) is 5.63. The largest absolute Gasteiger partial charge is 0.272 e. The summed E-state index contributed by atoms with van der Waals surface area (Å²) in [5.41, 5.74) is 1.94. The lowest BCUT2D eigenvalue weighted by atomic mass is 9.99. The highest BCUT2D eigenvalue weighted by Gasteiger charge is 2.33. The predicted octanol–water partition coefficient (Wildman–Crippen LogP) is 2.13. The number of carbonyl (C=O) groups is 1. The van der Waals surface area contributed by atoms with E-state index in [-0.39, 0.29) is 11.8 Å². The second-order valence-corrected chi connectivity index (χ2v) is 4.13. The molecule has 3 nitrogen and oxygen atoms in total. The number of carbonyl (C=O) groups excluding carboxylic acids is 1. The fourth-order valence-corrected chi connectivity index (χ4v) is 2.05. The van der Waals surface area contributed by atoms with Gasteiger partial charge in [-0.25, -0.2) is 5.01 Å². The molecule has 1 amide bonds. The molecule has 1 aliphatic heterocycles. The van der Waals surface area contributed by atoms with Crippen molar-refractivity contribution in [1.29, 1.82) is 0 Å². The highest BCUT2D eigenvalue weighted by molar-refractivity contribution is 6.15. The van der Waals surface area contributed by atoms with Crippen LogP contribution in [0.5, 0.6) is 0 Å². The number of hydrogen-bond acceptors (Lipinski definition) is 2. The van der Waals surface area contributed by atoms with Gasteiger partial charge in [-0.2, -0.15) is 5.10 Å². The molecular weight excluding hydrogens is 212 g/mol. The molecule has 0 bridgehead atoms. The van der Waals surface area contributed by atoms with Crippen molar-refractivity contribution in [3.8, 4) is 0 Å². The summed E-state index contributed by atoms with van der Waals surface area (Å²) in [5.74, 6) is -0.117. The summed E-state index contributed by atoms with van der Waals surface area (Å²) in [6.07, 6.45) is 7.60. The third kappa shape index (κ3) is 1.80. The second kappa shape index (κ2) is 4.01. The van der Waals surface area contributed by atoms with Crippen LogP contribution in [0.15, 0.2) is 59.7 Å². The molecule has 1 atom stereocenters. The van der Waals surface area contributed by atoms with Gasteiger partial charge in [-0.05, 0) is 11.6 Å². The van der Waals surface area contributed by atoms with Gasteiger partial charge in [-0.3, -0.25) is 4.79 Å². The minimum absolute atomic E-state index is 0.0597. The van der Waals surface area contributed by atoms with Crippen molar-refractivity contribution in [3.63, 3.8) is 0 Å². The van der Waals surface area contributed by atoms with Crippen molar-refractivity contribution in [2.45, 2.75) is 6.54 Å². The maximum Gasteiger partial charge on any atom is 0.256 e. The summed E-state index contributed by atoms with van der Waals surface area (Å²) < 4.78 is 0. The first-order valence-electron chi connectivity index (χ1n) is 5.63. The summed E-state index contributed by atoms with van der Waals surface area (Å²) >= 11 is 0. The van der Waals surface area contributed by atoms with Gasteiger partial charge in [0.25, 0.3) is 5.91 Å². The monoisotopic (exact) mass is 224 g/mol. The van der Waals surface area contributed by atoms with Gasteiger partial charge in [0.2, 0.25) is 0 Å². The van der Waals surface area contributed by atoms with Crippen LogP contribution in [0.2, 0.25) is 0 Å². The SMILES string of the molecule is O=C1C2C=CC=CC2=NN1Cc1ccccc1. The van der Waals surface area contributed by atoms with E-state index in [1.54, 1.807) is 5.01 Å². The average Bonchev–Trinajstić information content (AvgIpc) is 2.68. The van der Waals surface area contributed by atoms with Gasteiger partial charge >= 0.3 is 0 Å². The maximum absolute atomic E-state index is 12.1. The molecule has 1 aromatic carbocycles. The summed E-state index contributed by atoms with van der Waals surface area (Å²) in [5, 5.41) is 5.90. The number of benzene rings is 1. The minimum Gasteiger partial charge on any atom is -0.272 e. The van der Waals surface area contributed by atoms with E-state index in [0.717, 1.165) is 11.3 Å². The zero-order chi connectivity index (χ0) is 11.7.